The van der Waals surface area contributed by atoms with E-state index in [-0.39, 0.29) is 42.2 Å². The van der Waals surface area contributed by atoms with Gasteiger partial charge in [0, 0.05) is 38.8 Å². The molecule has 8 heteroatoms. The van der Waals surface area contributed by atoms with E-state index in [0.29, 0.717) is 13.2 Å². The number of rotatable bonds is 9. The molecule has 2 aliphatic heterocycles. The van der Waals surface area contributed by atoms with E-state index in [1.54, 1.807) is 0 Å². The molecule has 2 saturated heterocycles. The molecule has 0 aromatic carbocycles. The molecule has 2 aliphatic rings. The van der Waals surface area contributed by atoms with Crippen LogP contribution >= 0.6 is 24.0 Å². The van der Waals surface area contributed by atoms with Crippen LogP contribution in [0.3, 0.4) is 0 Å². The molecule has 0 bridgehead atoms. The molecule has 154 valence electrons. The highest BCUT2D eigenvalue weighted by atomic mass is 127. The van der Waals surface area contributed by atoms with Crippen molar-refractivity contribution < 1.29 is 14.6 Å². The maximum atomic E-state index is 9.55. The van der Waals surface area contributed by atoms with Crippen molar-refractivity contribution in [1.82, 2.24) is 15.5 Å². The predicted octanol–water partition coefficient (Wildman–Crippen LogP) is 1.20. The third-order valence-corrected chi connectivity index (χ3v) is 4.66. The summed E-state index contributed by atoms with van der Waals surface area (Å²) in [6.45, 7) is 11.1. The van der Waals surface area contributed by atoms with Gasteiger partial charge in [-0.2, -0.15) is 0 Å². The van der Waals surface area contributed by atoms with Gasteiger partial charge in [-0.3, -0.25) is 4.99 Å². The summed E-state index contributed by atoms with van der Waals surface area (Å²) >= 11 is 0. The van der Waals surface area contributed by atoms with Gasteiger partial charge < -0.3 is 30.1 Å². The van der Waals surface area contributed by atoms with Crippen LogP contribution in [-0.2, 0) is 9.47 Å². The minimum atomic E-state index is -0.0988. The first-order chi connectivity index (χ1) is 12.2. The molecule has 2 fully saturated rings. The molecule has 2 rings (SSSR count). The van der Waals surface area contributed by atoms with E-state index >= 15 is 0 Å². The average Bonchev–Trinajstić information content (AvgIpc) is 3.12. The molecule has 2 heterocycles. The summed E-state index contributed by atoms with van der Waals surface area (Å²) in [5.74, 6) is 0.857. The van der Waals surface area contributed by atoms with Gasteiger partial charge in [0.1, 0.15) is 0 Å². The lowest BCUT2D eigenvalue weighted by molar-refractivity contribution is 0.0347. The SMILES string of the molecule is CCNC(=NCCCN1CCC(O)CC1)NC(C)COC1CCOC1.I. The quantitative estimate of drug-likeness (QED) is 0.198. The molecule has 0 spiro atoms. The zero-order valence-corrected chi connectivity index (χ0v) is 18.6. The molecule has 0 saturated carbocycles. The lowest BCUT2D eigenvalue weighted by Gasteiger charge is -2.29. The van der Waals surface area contributed by atoms with Crippen molar-refractivity contribution in [2.45, 2.75) is 57.8 Å². The molecular weight excluding hydrogens is 447 g/mol. The van der Waals surface area contributed by atoms with Crippen molar-refractivity contribution in [2.24, 2.45) is 4.99 Å². The summed E-state index contributed by atoms with van der Waals surface area (Å²) in [6, 6.07) is 0.210. The van der Waals surface area contributed by atoms with Gasteiger partial charge >= 0.3 is 0 Å². The first kappa shape index (κ1) is 23.9. The minimum absolute atomic E-state index is 0. The molecule has 2 atom stereocenters. The normalized spacial score (nSPS) is 23.5. The van der Waals surface area contributed by atoms with Crippen LogP contribution < -0.4 is 10.6 Å². The first-order valence-corrected chi connectivity index (χ1v) is 9.82. The zero-order chi connectivity index (χ0) is 17.9. The smallest absolute Gasteiger partial charge is 0.191 e. The second-order valence-electron chi connectivity index (χ2n) is 7.05. The number of nitrogens with one attached hydrogen (secondary N) is 2. The summed E-state index contributed by atoms with van der Waals surface area (Å²) in [4.78, 5) is 7.09. The van der Waals surface area contributed by atoms with E-state index in [2.05, 4.69) is 34.4 Å². The van der Waals surface area contributed by atoms with E-state index in [0.717, 1.165) is 71.0 Å². The summed E-state index contributed by atoms with van der Waals surface area (Å²) < 4.78 is 11.2. The van der Waals surface area contributed by atoms with Crippen LogP contribution in [-0.4, -0.2) is 86.8 Å². The maximum Gasteiger partial charge on any atom is 0.191 e. The summed E-state index contributed by atoms with van der Waals surface area (Å²) in [6.07, 6.45) is 3.98. The molecule has 0 aromatic rings. The van der Waals surface area contributed by atoms with Crippen molar-refractivity contribution in [2.75, 3.05) is 52.5 Å². The van der Waals surface area contributed by atoms with Crippen LogP contribution in [0.4, 0.5) is 0 Å². The second-order valence-corrected chi connectivity index (χ2v) is 7.05. The Morgan fingerprint density at radius 2 is 2.12 bits per heavy atom. The number of guanidine groups is 1. The van der Waals surface area contributed by atoms with Crippen LogP contribution in [0.15, 0.2) is 4.99 Å². The number of hydrogen-bond acceptors (Lipinski definition) is 5. The maximum absolute atomic E-state index is 9.55. The van der Waals surface area contributed by atoms with Crippen LogP contribution in [0.5, 0.6) is 0 Å². The monoisotopic (exact) mass is 484 g/mol. The second kappa shape index (κ2) is 13.9. The van der Waals surface area contributed by atoms with Crippen molar-refractivity contribution >= 4 is 29.9 Å². The number of piperidine rings is 1. The number of ether oxygens (including phenoxy) is 2. The van der Waals surface area contributed by atoms with Gasteiger partial charge in [0.2, 0.25) is 0 Å². The van der Waals surface area contributed by atoms with Gasteiger partial charge in [-0.25, -0.2) is 0 Å². The number of likely N-dealkylation sites (tertiary alicyclic amines) is 1. The summed E-state index contributed by atoms with van der Waals surface area (Å²) in [7, 11) is 0. The van der Waals surface area contributed by atoms with Crippen molar-refractivity contribution in [3.05, 3.63) is 0 Å². The highest BCUT2D eigenvalue weighted by Crippen LogP contribution is 2.10. The van der Waals surface area contributed by atoms with Gasteiger partial charge in [0.25, 0.3) is 0 Å². The van der Waals surface area contributed by atoms with Crippen molar-refractivity contribution in [1.29, 1.82) is 0 Å². The third kappa shape index (κ3) is 9.68. The van der Waals surface area contributed by atoms with Crippen LogP contribution in [0, 0.1) is 0 Å². The predicted molar refractivity (Wildman–Crippen MR) is 115 cm³/mol. The van der Waals surface area contributed by atoms with E-state index in [1.165, 1.54) is 0 Å². The van der Waals surface area contributed by atoms with E-state index in [9.17, 15) is 5.11 Å². The van der Waals surface area contributed by atoms with E-state index in [1.807, 2.05) is 0 Å². The van der Waals surface area contributed by atoms with Crippen LogP contribution in [0.2, 0.25) is 0 Å². The molecule has 0 aromatic heterocycles. The number of halogens is 1. The molecule has 0 radical (unpaired) electrons. The molecule has 0 aliphatic carbocycles. The van der Waals surface area contributed by atoms with Crippen molar-refractivity contribution in [3.8, 4) is 0 Å². The van der Waals surface area contributed by atoms with Crippen LogP contribution in [0.25, 0.3) is 0 Å². The number of hydrogen-bond donors (Lipinski definition) is 3. The fourth-order valence-corrected chi connectivity index (χ4v) is 3.15. The van der Waals surface area contributed by atoms with Crippen LogP contribution in [0.1, 0.15) is 39.5 Å². The largest absolute Gasteiger partial charge is 0.393 e. The number of aliphatic imine (C=N–C) groups is 1. The molecular formula is C18H37IN4O3. The average molecular weight is 484 g/mol. The Kier molecular flexibility index (Phi) is 12.8. The fourth-order valence-electron chi connectivity index (χ4n) is 3.15. The summed E-state index contributed by atoms with van der Waals surface area (Å²) in [5, 5.41) is 16.3. The Morgan fingerprint density at radius 3 is 2.77 bits per heavy atom. The molecule has 26 heavy (non-hydrogen) atoms. The summed E-state index contributed by atoms with van der Waals surface area (Å²) in [5.41, 5.74) is 0. The lowest BCUT2D eigenvalue weighted by Crippen LogP contribution is -2.44. The Hall–Kier alpha value is -0.160. The van der Waals surface area contributed by atoms with E-state index in [4.69, 9.17) is 9.47 Å². The highest BCUT2D eigenvalue weighted by Gasteiger charge is 2.18. The highest BCUT2D eigenvalue weighted by molar-refractivity contribution is 14.0. The Balaban J connectivity index is 0.00000338. The minimum Gasteiger partial charge on any atom is -0.393 e. The molecule has 0 amide bonds. The Morgan fingerprint density at radius 1 is 1.35 bits per heavy atom. The number of nitrogens with zero attached hydrogens (tertiary/aromatic N) is 2. The molecule has 2 unspecified atom stereocenters. The van der Waals surface area contributed by atoms with Gasteiger partial charge in [-0.05, 0) is 46.1 Å². The Bertz CT molecular complexity index is 387. The van der Waals surface area contributed by atoms with Gasteiger partial charge in [-0.1, -0.05) is 0 Å². The number of aliphatic hydroxyl groups excluding tert-OH is 1. The molecule has 7 nitrogen and oxygen atoms in total. The zero-order valence-electron chi connectivity index (χ0n) is 16.3. The fraction of sp³-hybridized carbons (Fsp3) is 0.944. The lowest BCUT2D eigenvalue weighted by atomic mass is 10.1. The first-order valence-electron chi connectivity index (χ1n) is 9.82. The van der Waals surface area contributed by atoms with Gasteiger partial charge in [-0.15, -0.1) is 24.0 Å². The van der Waals surface area contributed by atoms with E-state index < -0.39 is 0 Å². The van der Waals surface area contributed by atoms with Gasteiger partial charge in [0.15, 0.2) is 5.96 Å². The Labute approximate surface area is 175 Å². The van der Waals surface area contributed by atoms with Crippen molar-refractivity contribution in [3.63, 3.8) is 0 Å². The third-order valence-electron chi connectivity index (χ3n) is 4.66. The standard InChI is InChI=1S/C18H36N4O3.HI/c1-3-19-18(21-15(2)13-25-17-7-12-24-14-17)20-8-4-9-22-10-5-16(23)6-11-22;/h15-17,23H,3-14H2,1-2H3,(H2,19,20,21);1H. The topological polar surface area (TPSA) is 78.4 Å². The van der Waals surface area contributed by atoms with Gasteiger partial charge in [0.05, 0.1) is 25.4 Å². The number of aliphatic hydroxyl groups is 1. The molecule has 3 N–H and O–H groups in total.